The minimum absolute atomic E-state index is 0.00664. The first-order valence-corrected chi connectivity index (χ1v) is 9.11. The van der Waals surface area contributed by atoms with Crippen molar-refractivity contribution in [3.05, 3.63) is 71.2 Å². The zero-order valence-corrected chi connectivity index (χ0v) is 14.9. The van der Waals surface area contributed by atoms with E-state index in [9.17, 15) is 4.79 Å². The lowest BCUT2D eigenvalue weighted by Crippen LogP contribution is -2.28. The molecular weight excluding hydrogens is 332 g/mol. The molecule has 2 aromatic carbocycles. The molecule has 1 aromatic heterocycles. The standard InChI is InChI=1S/C20H20N2O2S/c1-2-15-8-6-7-11-18(15)24-13-19(23)21-12-17-14-25-20(22-17)16-9-4-3-5-10-16/h3-11,14H,2,12-13H2,1H3,(H,21,23). The molecule has 0 saturated carbocycles. The number of aromatic nitrogens is 1. The molecule has 1 heterocycles. The van der Waals surface area contributed by atoms with Crippen LogP contribution in [0, 0.1) is 0 Å². The van der Waals surface area contributed by atoms with Crippen LogP contribution in [0.25, 0.3) is 10.6 Å². The van der Waals surface area contributed by atoms with Crippen LogP contribution in [0.2, 0.25) is 0 Å². The van der Waals surface area contributed by atoms with Crippen LogP contribution in [0.15, 0.2) is 60.0 Å². The van der Waals surface area contributed by atoms with Gasteiger partial charge in [0.15, 0.2) is 6.61 Å². The van der Waals surface area contributed by atoms with Crippen molar-refractivity contribution in [3.8, 4) is 16.3 Å². The number of benzene rings is 2. The van der Waals surface area contributed by atoms with E-state index in [2.05, 4.69) is 17.2 Å². The third-order valence-electron chi connectivity index (χ3n) is 3.75. The molecule has 4 nitrogen and oxygen atoms in total. The lowest BCUT2D eigenvalue weighted by Gasteiger charge is -2.10. The van der Waals surface area contributed by atoms with Crippen molar-refractivity contribution in [3.63, 3.8) is 0 Å². The molecule has 0 aliphatic heterocycles. The van der Waals surface area contributed by atoms with Gasteiger partial charge >= 0.3 is 0 Å². The second kappa shape index (κ2) is 8.44. The lowest BCUT2D eigenvalue weighted by atomic mass is 10.1. The molecule has 128 valence electrons. The van der Waals surface area contributed by atoms with Gasteiger partial charge in [-0.05, 0) is 18.1 Å². The Morgan fingerprint density at radius 1 is 1.12 bits per heavy atom. The molecule has 0 bridgehead atoms. The molecule has 0 fully saturated rings. The second-order valence-electron chi connectivity index (χ2n) is 5.54. The number of aryl methyl sites for hydroxylation is 1. The average Bonchev–Trinajstić information content (AvgIpc) is 3.14. The Morgan fingerprint density at radius 3 is 2.68 bits per heavy atom. The molecule has 0 aliphatic rings. The smallest absolute Gasteiger partial charge is 0.258 e. The summed E-state index contributed by atoms with van der Waals surface area (Å²) in [5, 5.41) is 5.78. The van der Waals surface area contributed by atoms with E-state index >= 15 is 0 Å². The van der Waals surface area contributed by atoms with Gasteiger partial charge in [0.05, 0.1) is 12.2 Å². The molecule has 0 saturated heterocycles. The van der Waals surface area contributed by atoms with Crippen LogP contribution in [0.1, 0.15) is 18.2 Å². The first-order valence-electron chi connectivity index (χ1n) is 8.23. The Hall–Kier alpha value is -2.66. The van der Waals surface area contributed by atoms with Crippen LogP contribution < -0.4 is 10.1 Å². The van der Waals surface area contributed by atoms with Crippen molar-refractivity contribution >= 4 is 17.2 Å². The van der Waals surface area contributed by atoms with Crippen LogP contribution in [-0.2, 0) is 17.8 Å². The van der Waals surface area contributed by atoms with Gasteiger partial charge in [0.2, 0.25) is 0 Å². The van der Waals surface area contributed by atoms with E-state index in [0.717, 1.165) is 34.0 Å². The molecule has 0 unspecified atom stereocenters. The van der Waals surface area contributed by atoms with Gasteiger partial charge in [-0.2, -0.15) is 0 Å². The molecule has 5 heteroatoms. The van der Waals surface area contributed by atoms with Gasteiger partial charge < -0.3 is 10.1 Å². The fourth-order valence-electron chi connectivity index (χ4n) is 2.42. The van der Waals surface area contributed by atoms with Crippen molar-refractivity contribution in [2.75, 3.05) is 6.61 Å². The third-order valence-corrected chi connectivity index (χ3v) is 4.69. The molecule has 3 aromatic rings. The second-order valence-corrected chi connectivity index (χ2v) is 6.39. The SMILES string of the molecule is CCc1ccccc1OCC(=O)NCc1csc(-c2ccccc2)n1. The van der Waals surface area contributed by atoms with E-state index in [1.807, 2.05) is 60.0 Å². The van der Waals surface area contributed by atoms with Crippen molar-refractivity contribution < 1.29 is 9.53 Å². The van der Waals surface area contributed by atoms with E-state index in [1.165, 1.54) is 0 Å². The molecule has 3 rings (SSSR count). The summed E-state index contributed by atoms with van der Waals surface area (Å²) < 4.78 is 5.62. The molecule has 1 amide bonds. The Balaban J connectivity index is 1.50. The molecule has 0 atom stereocenters. The number of nitrogens with one attached hydrogen (secondary N) is 1. The monoisotopic (exact) mass is 352 g/mol. The summed E-state index contributed by atoms with van der Waals surface area (Å²) in [6.45, 7) is 2.47. The van der Waals surface area contributed by atoms with E-state index in [4.69, 9.17) is 4.74 Å². The first kappa shape index (κ1) is 17.2. The number of rotatable bonds is 7. The van der Waals surface area contributed by atoms with Crippen molar-refractivity contribution in [2.45, 2.75) is 19.9 Å². The van der Waals surface area contributed by atoms with E-state index in [-0.39, 0.29) is 12.5 Å². The minimum Gasteiger partial charge on any atom is -0.483 e. The maximum absolute atomic E-state index is 12.0. The van der Waals surface area contributed by atoms with Gasteiger partial charge in [-0.1, -0.05) is 55.5 Å². The fourth-order valence-corrected chi connectivity index (χ4v) is 3.25. The molecule has 1 N–H and O–H groups in total. The highest BCUT2D eigenvalue weighted by atomic mass is 32.1. The van der Waals surface area contributed by atoms with Crippen LogP contribution in [0.4, 0.5) is 0 Å². The van der Waals surface area contributed by atoms with Gasteiger partial charge in [-0.25, -0.2) is 4.98 Å². The van der Waals surface area contributed by atoms with E-state index in [0.29, 0.717) is 6.54 Å². The number of hydrogen-bond donors (Lipinski definition) is 1. The molecular formula is C20H20N2O2S. The number of para-hydroxylation sites is 1. The summed E-state index contributed by atoms with van der Waals surface area (Å²) in [6, 6.07) is 17.8. The summed E-state index contributed by atoms with van der Waals surface area (Å²) in [4.78, 5) is 16.6. The van der Waals surface area contributed by atoms with E-state index < -0.39 is 0 Å². The third kappa shape index (κ3) is 4.67. The summed E-state index contributed by atoms with van der Waals surface area (Å²) in [5.41, 5.74) is 3.04. The number of hydrogen-bond acceptors (Lipinski definition) is 4. The van der Waals surface area contributed by atoms with Crippen molar-refractivity contribution in [2.24, 2.45) is 0 Å². The highest BCUT2D eigenvalue weighted by molar-refractivity contribution is 7.13. The first-order chi connectivity index (χ1) is 12.3. The van der Waals surface area contributed by atoms with Crippen LogP contribution in [-0.4, -0.2) is 17.5 Å². The molecule has 25 heavy (non-hydrogen) atoms. The maximum Gasteiger partial charge on any atom is 0.258 e. The van der Waals surface area contributed by atoms with Gasteiger partial charge in [0.25, 0.3) is 5.91 Å². The number of ether oxygens (including phenoxy) is 1. The topological polar surface area (TPSA) is 51.2 Å². The summed E-state index contributed by atoms with van der Waals surface area (Å²) in [5.74, 6) is 0.611. The van der Waals surface area contributed by atoms with Crippen LogP contribution in [0.3, 0.4) is 0 Å². The van der Waals surface area contributed by atoms with E-state index in [1.54, 1.807) is 11.3 Å². The normalized spacial score (nSPS) is 10.4. The Kier molecular flexibility index (Phi) is 5.80. The largest absolute Gasteiger partial charge is 0.483 e. The number of amides is 1. The lowest BCUT2D eigenvalue weighted by molar-refractivity contribution is -0.123. The molecule has 0 spiro atoms. The highest BCUT2D eigenvalue weighted by Gasteiger charge is 2.08. The van der Waals surface area contributed by atoms with Crippen molar-refractivity contribution in [1.82, 2.24) is 10.3 Å². The van der Waals surface area contributed by atoms with Crippen molar-refractivity contribution in [1.29, 1.82) is 0 Å². The summed E-state index contributed by atoms with van der Waals surface area (Å²) in [6.07, 6.45) is 0.874. The fraction of sp³-hybridized carbons (Fsp3) is 0.200. The number of nitrogens with zero attached hydrogens (tertiary/aromatic N) is 1. The van der Waals surface area contributed by atoms with Crippen LogP contribution in [0.5, 0.6) is 5.75 Å². The Labute approximate surface area is 151 Å². The quantitative estimate of drug-likeness (QED) is 0.697. The Morgan fingerprint density at radius 2 is 1.88 bits per heavy atom. The Bertz CT molecular complexity index is 830. The number of carbonyl (C=O) groups excluding carboxylic acids is 1. The average molecular weight is 352 g/mol. The zero-order chi connectivity index (χ0) is 17.5. The number of carbonyl (C=O) groups is 1. The maximum atomic E-state index is 12.0. The molecule has 0 radical (unpaired) electrons. The number of thiazole rings is 1. The van der Waals surface area contributed by atoms with Gasteiger partial charge in [0, 0.05) is 10.9 Å². The minimum atomic E-state index is -0.153. The molecule has 0 aliphatic carbocycles. The summed E-state index contributed by atoms with van der Waals surface area (Å²) in [7, 11) is 0. The van der Waals surface area contributed by atoms with Gasteiger partial charge in [-0.3, -0.25) is 4.79 Å². The predicted octanol–water partition coefficient (Wildman–Crippen LogP) is 4.07. The predicted molar refractivity (Wildman–Crippen MR) is 101 cm³/mol. The van der Waals surface area contributed by atoms with Gasteiger partial charge in [-0.15, -0.1) is 11.3 Å². The summed E-state index contributed by atoms with van der Waals surface area (Å²) >= 11 is 1.58. The van der Waals surface area contributed by atoms with Crippen LogP contribution >= 0.6 is 11.3 Å². The highest BCUT2D eigenvalue weighted by Crippen LogP contribution is 2.23. The van der Waals surface area contributed by atoms with Gasteiger partial charge in [0.1, 0.15) is 10.8 Å². The zero-order valence-electron chi connectivity index (χ0n) is 14.1.